The molecule has 2 heterocycles. The van der Waals surface area contributed by atoms with Gasteiger partial charge in [-0.25, -0.2) is 0 Å². The third kappa shape index (κ3) is 3.76. The summed E-state index contributed by atoms with van der Waals surface area (Å²) in [4.78, 5) is 5.99. The minimum absolute atomic E-state index is 0.555. The Morgan fingerprint density at radius 3 is 2.64 bits per heavy atom. The molecule has 1 aliphatic rings. The maximum absolute atomic E-state index is 6.00. The predicted octanol–water partition coefficient (Wildman–Crippen LogP) is 4.89. The van der Waals surface area contributed by atoms with Crippen LogP contribution < -0.4 is 9.64 Å². The summed E-state index contributed by atoms with van der Waals surface area (Å²) in [6, 6.07) is 16.8. The molecule has 0 N–H and O–H groups in total. The van der Waals surface area contributed by atoms with Crippen LogP contribution in [0.25, 0.3) is 10.8 Å². The Balaban J connectivity index is 1.59. The number of thiophene rings is 1. The van der Waals surface area contributed by atoms with Crippen LogP contribution in [0, 0.1) is 0 Å². The fraction of sp³-hybridized carbons (Fsp3) is 0.300. The van der Waals surface area contributed by atoms with Crippen LogP contribution in [0.1, 0.15) is 4.88 Å². The number of hydrogen-bond donors (Lipinski definition) is 0. The first-order chi connectivity index (χ1) is 12.2. The van der Waals surface area contributed by atoms with Gasteiger partial charge in [-0.3, -0.25) is 0 Å². The van der Waals surface area contributed by atoms with E-state index in [2.05, 4.69) is 47.2 Å². The van der Waals surface area contributed by atoms with E-state index in [0.717, 1.165) is 41.1 Å². The fourth-order valence-electron chi connectivity index (χ4n) is 3.23. The van der Waals surface area contributed by atoms with Crippen LogP contribution in [0.15, 0.2) is 48.5 Å². The molecular formula is C20H21ClN2OS. The Morgan fingerprint density at radius 2 is 1.88 bits per heavy atom. The highest BCUT2D eigenvalue weighted by atomic mass is 35.5. The van der Waals surface area contributed by atoms with Crippen molar-refractivity contribution < 1.29 is 4.74 Å². The second-order valence-corrected chi connectivity index (χ2v) is 8.24. The number of anilines is 1. The summed E-state index contributed by atoms with van der Waals surface area (Å²) in [7, 11) is 2.18. The normalized spacial score (nSPS) is 15.7. The highest BCUT2D eigenvalue weighted by Gasteiger charge is 2.16. The number of rotatable bonds is 4. The number of nitrogens with zero attached hydrogens (tertiary/aromatic N) is 2. The molecule has 5 heteroatoms. The molecule has 0 unspecified atom stereocenters. The SMILES string of the molecule is CN1CCN(c2cccc3ccc(OCc4ccc(Cl)s4)cc23)CC1. The van der Waals surface area contributed by atoms with Crippen molar-refractivity contribution in [3.63, 3.8) is 0 Å². The Morgan fingerprint density at radius 1 is 1.04 bits per heavy atom. The average Bonchev–Trinajstić information content (AvgIpc) is 3.05. The summed E-state index contributed by atoms with van der Waals surface area (Å²) < 4.78 is 6.80. The molecule has 3 nitrogen and oxygen atoms in total. The number of piperazine rings is 1. The number of halogens is 1. The molecule has 0 bridgehead atoms. The first-order valence-corrected chi connectivity index (χ1v) is 9.72. The second kappa shape index (κ2) is 7.24. The van der Waals surface area contributed by atoms with Crippen LogP contribution >= 0.6 is 22.9 Å². The van der Waals surface area contributed by atoms with Crippen molar-refractivity contribution in [2.45, 2.75) is 6.61 Å². The van der Waals surface area contributed by atoms with Crippen molar-refractivity contribution in [3.05, 3.63) is 57.7 Å². The van der Waals surface area contributed by atoms with Crippen LogP contribution in [0.4, 0.5) is 5.69 Å². The van der Waals surface area contributed by atoms with Gasteiger partial charge < -0.3 is 14.5 Å². The van der Waals surface area contributed by atoms with Crippen molar-refractivity contribution in [1.82, 2.24) is 4.90 Å². The van der Waals surface area contributed by atoms with Crippen LogP contribution in [-0.2, 0) is 6.61 Å². The molecule has 1 aromatic heterocycles. The molecule has 0 spiro atoms. The highest BCUT2D eigenvalue weighted by molar-refractivity contribution is 7.16. The summed E-state index contributed by atoms with van der Waals surface area (Å²) in [5.41, 5.74) is 1.30. The number of hydrogen-bond acceptors (Lipinski definition) is 4. The quantitative estimate of drug-likeness (QED) is 0.648. The standard InChI is InChI=1S/C20H21ClN2OS/c1-22-9-11-23(12-10-22)19-4-2-3-15-5-6-16(13-18(15)19)24-14-17-7-8-20(21)25-17/h2-8,13H,9-12,14H2,1H3. The summed E-state index contributed by atoms with van der Waals surface area (Å²) in [5.74, 6) is 0.901. The summed E-state index contributed by atoms with van der Waals surface area (Å²) in [6.45, 7) is 4.89. The maximum Gasteiger partial charge on any atom is 0.122 e. The van der Waals surface area contributed by atoms with E-state index in [-0.39, 0.29) is 0 Å². The molecule has 0 radical (unpaired) electrons. The third-order valence-electron chi connectivity index (χ3n) is 4.68. The molecule has 0 aliphatic carbocycles. The molecule has 2 aromatic carbocycles. The fourth-order valence-corrected chi connectivity index (χ4v) is 4.23. The van der Waals surface area contributed by atoms with Gasteiger partial charge in [-0.15, -0.1) is 11.3 Å². The maximum atomic E-state index is 6.00. The molecule has 1 saturated heterocycles. The number of ether oxygens (including phenoxy) is 1. The molecular weight excluding hydrogens is 352 g/mol. The van der Waals surface area contributed by atoms with Gasteiger partial charge in [0.15, 0.2) is 0 Å². The first-order valence-electron chi connectivity index (χ1n) is 8.52. The lowest BCUT2D eigenvalue weighted by Crippen LogP contribution is -2.44. The van der Waals surface area contributed by atoms with E-state index < -0.39 is 0 Å². The number of likely N-dealkylation sites (N-methyl/N-ethyl adjacent to an activating group) is 1. The van der Waals surface area contributed by atoms with Crippen LogP contribution in [-0.4, -0.2) is 38.1 Å². The minimum atomic E-state index is 0.555. The van der Waals surface area contributed by atoms with E-state index in [9.17, 15) is 0 Å². The molecule has 130 valence electrons. The Hall–Kier alpha value is -1.75. The van der Waals surface area contributed by atoms with Gasteiger partial charge in [-0.2, -0.15) is 0 Å². The topological polar surface area (TPSA) is 15.7 Å². The second-order valence-electron chi connectivity index (χ2n) is 6.44. The molecule has 25 heavy (non-hydrogen) atoms. The Labute approximate surface area is 157 Å². The molecule has 1 aliphatic heterocycles. The van der Waals surface area contributed by atoms with Crippen LogP contribution in [0.2, 0.25) is 4.34 Å². The molecule has 0 saturated carbocycles. The number of fused-ring (bicyclic) bond motifs is 1. The van der Waals surface area contributed by atoms with E-state index in [4.69, 9.17) is 16.3 Å². The van der Waals surface area contributed by atoms with Gasteiger partial charge in [0, 0.05) is 42.1 Å². The molecule has 0 atom stereocenters. The van der Waals surface area contributed by atoms with Crippen molar-refractivity contribution in [2.75, 3.05) is 38.1 Å². The Bertz CT molecular complexity index is 871. The van der Waals surface area contributed by atoms with Crippen LogP contribution in [0.3, 0.4) is 0 Å². The molecule has 1 fully saturated rings. The lowest BCUT2D eigenvalue weighted by molar-refractivity contribution is 0.310. The molecule has 3 aromatic rings. The predicted molar refractivity (Wildman–Crippen MR) is 107 cm³/mol. The zero-order valence-electron chi connectivity index (χ0n) is 14.2. The zero-order chi connectivity index (χ0) is 17.2. The minimum Gasteiger partial charge on any atom is -0.488 e. The lowest BCUT2D eigenvalue weighted by Gasteiger charge is -2.34. The van der Waals surface area contributed by atoms with Crippen molar-refractivity contribution in [2.24, 2.45) is 0 Å². The van der Waals surface area contributed by atoms with Gasteiger partial charge >= 0.3 is 0 Å². The van der Waals surface area contributed by atoms with Crippen molar-refractivity contribution in [3.8, 4) is 5.75 Å². The van der Waals surface area contributed by atoms with Gasteiger partial charge in [0.2, 0.25) is 0 Å². The van der Waals surface area contributed by atoms with Gasteiger partial charge in [0.1, 0.15) is 12.4 Å². The Kier molecular flexibility index (Phi) is 4.84. The summed E-state index contributed by atoms with van der Waals surface area (Å²) in [6.07, 6.45) is 0. The van der Waals surface area contributed by atoms with Gasteiger partial charge in [0.25, 0.3) is 0 Å². The van der Waals surface area contributed by atoms with E-state index in [1.165, 1.54) is 16.5 Å². The number of benzene rings is 2. The summed E-state index contributed by atoms with van der Waals surface area (Å²) >= 11 is 7.56. The van der Waals surface area contributed by atoms with Crippen molar-refractivity contribution >= 4 is 39.4 Å². The zero-order valence-corrected chi connectivity index (χ0v) is 15.8. The van der Waals surface area contributed by atoms with Gasteiger partial charge in [0.05, 0.1) is 4.34 Å². The molecule has 0 amide bonds. The van der Waals surface area contributed by atoms with E-state index in [1.807, 2.05) is 18.2 Å². The van der Waals surface area contributed by atoms with E-state index in [0.29, 0.717) is 6.61 Å². The summed E-state index contributed by atoms with van der Waals surface area (Å²) in [5, 5.41) is 2.51. The first kappa shape index (κ1) is 16.7. The van der Waals surface area contributed by atoms with E-state index in [1.54, 1.807) is 11.3 Å². The average molecular weight is 373 g/mol. The van der Waals surface area contributed by atoms with Crippen molar-refractivity contribution in [1.29, 1.82) is 0 Å². The van der Waals surface area contributed by atoms with E-state index >= 15 is 0 Å². The lowest BCUT2D eigenvalue weighted by atomic mass is 10.1. The molecule has 4 rings (SSSR count). The van der Waals surface area contributed by atoms with Gasteiger partial charge in [-0.05, 0) is 42.8 Å². The largest absolute Gasteiger partial charge is 0.488 e. The van der Waals surface area contributed by atoms with Crippen LogP contribution in [0.5, 0.6) is 5.75 Å². The smallest absolute Gasteiger partial charge is 0.122 e. The monoisotopic (exact) mass is 372 g/mol. The van der Waals surface area contributed by atoms with Gasteiger partial charge in [-0.1, -0.05) is 29.8 Å². The highest BCUT2D eigenvalue weighted by Crippen LogP contribution is 2.31. The third-order valence-corrected chi connectivity index (χ3v) is 5.89.